The summed E-state index contributed by atoms with van der Waals surface area (Å²) in [6.45, 7) is 5.27. The van der Waals surface area contributed by atoms with E-state index in [-0.39, 0.29) is 11.8 Å². The van der Waals surface area contributed by atoms with E-state index >= 15 is 0 Å². The monoisotopic (exact) mass is 390 g/mol. The highest BCUT2D eigenvalue weighted by Crippen LogP contribution is 2.25. The second-order valence-corrected chi connectivity index (χ2v) is 7.45. The van der Waals surface area contributed by atoms with Crippen molar-refractivity contribution in [1.82, 2.24) is 20.4 Å². The van der Waals surface area contributed by atoms with Crippen molar-refractivity contribution < 1.29 is 9.32 Å². The van der Waals surface area contributed by atoms with Crippen LogP contribution in [-0.2, 0) is 11.3 Å². The molecule has 1 aliphatic rings. The van der Waals surface area contributed by atoms with Crippen molar-refractivity contribution in [3.8, 4) is 11.4 Å². The van der Waals surface area contributed by atoms with E-state index in [2.05, 4.69) is 27.3 Å². The van der Waals surface area contributed by atoms with Gasteiger partial charge in [0, 0.05) is 18.0 Å². The third kappa shape index (κ3) is 5.53. The largest absolute Gasteiger partial charge is 0.356 e. The number of rotatable bonds is 8. The quantitative estimate of drug-likeness (QED) is 0.692. The lowest BCUT2D eigenvalue weighted by Gasteiger charge is -2.30. The molecule has 0 unspecified atom stereocenters. The fourth-order valence-corrected chi connectivity index (χ4v) is 3.57. The number of hydrogen-bond acceptors (Lipinski definition) is 5. The molecule has 6 nitrogen and oxygen atoms in total. The summed E-state index contributed by atoms with van der Waals surface area (Å²) in [6, 6.07) is 7.46. The smallest absolute Gasteiger partial charge is 0.241 e. The fraction of sp³-hybridized carbons (Fsp3) is 0.550. The Morgan fingerprint density at radius 1 is 1.30 bits per heavy atom. The standard InChI is InChI=1S/C20H27ClN4O2/c1-2-3-6-11-22-20(26)15-9-12-25(13-10-15)14-18-23-19(24-27-18)16-7-4-5-8-17(16)21/h4-5,7-8,15H,2-3,6,9-14H2,1H3,(H,22,26). The van der Waals surface area contributed by atoms with Gasteiger partial charge in [-0.2, -0.15) is 4.98 Å². The molecule has 1 aliphatic heterocycles. The van der Waals surface area contributed by atoms with Crippen LogP contribution in [0.2, 0.25) is 5.02 Å². The summed E-state index contributed by atoms with van der Waals surface area (Å²) >= 11 is 6.19. The van der Waals surface area contributed by atoms with Gasteiger partial charge >= 0.3 is 0 Å². The van der Waals surface area contributed by atoms with Gasteiger partial charge in [-0.15, -0.1) is 0 Å². The summed E-state index contributed by atoms with van der Waals surface area (Å²) in [5.41, 5.74) is 0.771. The first-order chi connectivity index (χ1) is 13.2. The number of piperidine rings is 1. The molecule has 146 valence electrons. The average molecular weight is 391 g/mol. The molecular weight excluding hydrogens is 364 g/mol. The number of halogens is 1. The van der Waals surface area contributed by atoms with Crippen molar-refractivity contribution in [2.75, 3.05) is 19.6 Å². The molecule has 1 saturated heterocycles. The Hall–Kier alpha value is -1.92. The maximum atomic E-state index is 12.2. The summed E-state index contributed by atoms with van der Waals surface area (Å²) in [4.78, 5) is 19.0. The molecule has 0 spiro atoms. The number of amides is 1. The zero-order valence-corrected chi connectivity index (χ0v) is 16.5. The van der Waals surface area contributed by atoms with E-state index in [1.165, 1.54) is 12.8 Å². The number of nitrogens with zero attached hydrogens (tertiary/aromatic N) is 3. The van der Waals surface area contributed by atoms with Gasteiger partial charge < -0.3 is 9.84 Å². The maximum Gasteiger partial charge on any atom is 0.241 e. The van der Waals surface area contributed by atoms with E-state index < -0.39 is 0 Å². The molecule has 7 heteroatoms. The number of carbonyl (C=O) groups is 1. The predicted molar refractivity (Wildman–Crippen MR) is 105 cm³/mol. The molecule has 0 bridgehead atoms. The van der Waals surface area contributed by atoms with Gasteiger partial charge in [-0.05, 0) is 44.5 Å². The van der Waals surface area contributed by atoms with Gasteiger partial charge in [-0.1, -0.05) is 48.7 Å². The van der Waals surface area contributed by atoms with Crippen molar-refractivity contribution in [3.05, 3.63) is 35.2 Å². The van der Waals surface area contributed by atoms with E-state index in [9.17, 15) is 4.79 Å². The van der Waals surface area contributed by atoms with E-state index in [0.717, 1.165) is 44.5 Å². The van der Waals surface area contributed by atoms with E-state index in [4.69, 9.17) is 16.1 Å². The van der Waals surface area contributed by atoms with Gasteiger partial charge in [0.05, 0.1) is 11.6 Å². The molecule has 0 atom stereocenters. The molecule has 1 aromatic heterocycles. The van der Waals surface area contributed by atoms with Crippen LogP contribution in [-0.4, -0.2) is 40.6 Å². The molecule has 0 saturated carbocycles. The van der Waals surface area contributed by atoms with Crippen molar-refractivity contribution in [2.45, 2.75) is 45.6 Å². The normalized spacial score (nSPS) is 15.8. The first-order valence-electron chi connectivity index (χ1n) is 9.75. The lowest BCUT2D eigenvalue weighted by atomic mass is 9.96. The Labute approximate surface area is 165 Å². The SMILES string of the molecule is CCCCCNC(=O)C1CCN(Cc2nc(-c3ccccc3Cl)no2)CC1. The van der Waals surface area contributed by atoms with E-state index in [0.29, 0.717) is 23.3 Å². The second-order valence-electron chi connectivity index (χ2n) is 7.04. The fourth-order valence-electron chi connectivity index (χ4n) is 3.35. The van der Waals surface area contributed by atoms with Crippen LogP contribution in [0.3, 0.4) is 0 Å². The van der Waals surface area contributed by atoms with Gasteiger partial charge in [-0.25, -0.2) is 0 Å². The molecule has 0 aliphatic carbocycles. The van der Waals surface area contributed by atoms with Crippen LogP contribution < -0.4 is 5.32 Å². The van der Waals surface area contributed by atoms with Gasteiger partial charge in [0.25, 0.3) is 0 Å². The summed E-state index contributed by atoms with van der Waals surface area (Å²) in [5.74, 6) is 1.40. The van der Waals surface area contributed by atoms with Crippen LogP contribution in [0.25, 0.3) is 11.4 Å². The summed E-state index contributed by atoms with van der Waals surface area (Å²) in [7, 11) is 0. The van der Waals surface area contributed by atoms with E-state index in [1.54, 1.807) is 0 Å². The van der Waals surface area contributed by atoms with Crippen molar-refractivity contribution >= 4 is 17.5 Å². The van der Waals surface area contributed by atoms with Gasteiger partial charge in [0.2, 0.25) is 17.6 Å². The minimum atomic E-state index is 0.115. The number of aromatic nitrogens is 2. The highest BCUT2D eigenvalue weighted by Gasteiger charge is 2.25. The molecule has 1 aromatic carbocycles. The summed E-state index contributed by atoms with van der Waals surface area (Å²) < 4.78 is 5.39. The molecule has 0 radical (unpaired) electrons. The third-order valence-electron chi connectivity index (χ3n) is 4.98. The van der Waals surface area contributed by atoms with Gasteiger partial charge in [0.1, 0.15) is 0 Å². The molecule has 2 heterocycles. The number of unbranched alkanes of at least 4 members (excludes halogenated alkanes) is 2. The number of carbonyl (C=O) groups excluding carboxylic acids is 1. The van der Waals surface area contributed by atoms with Crippen LogP contribution in [0, 0.1) is 5.92 Å². The van der Waals surface area contributed by atoms with Crippen LogP contribution in [0.4, 0.5) is 0 Å². The zero-order chi connectivity index (χ0) is 19.1. The number of benzene rings is 1. The highest BCUT2D eigenvalue weighted by molar-refractivity contribution is 6.33. The molecular formula is C20H27ClN4O2. The topological polar surface area (TPSA) is 71.3 Å². The zero-order valence-electron chi connectivity index (χ0n) is 15.8. The van der Waals surface area contributed by atoms with E-state index in [1.807, 2.05) is 24.3 Å². The van der Waals surface area contributed by atoms with Crippen molar-refractivity contribution in [1.29, 1.82) is 0 Å². The van der Waals surface area contributed by atoms with Gasteiger partial charge in [0.15, 0.2) is 0 Å². The summed E-state index contributed by atoms with van der Waals surface area (Å²) in [6.07, 6.45) is 5.13. The molecule has 3 rings (SSSR count). The number of nitrogens with one attached hydrogen (secondary N) is 1. The van der Waals surface area contributed by atoms with Crippen LogP contribution in [0.5, 0.6) is 0 Å². The minimum Gasteiger partial charge on any atom is -0.356 e. The maximum absolute atomic E-state index is 12.2. The number of likely N-dealkylation sites (tertiary alicyclic amines) is 1. The predicted octanol–water partition coefficient (Wildman–Crippen LogP) is 3.91. The second kappa shape index (κ2) is 9.85. The molecule has 1 N–H and O–H groups in total. The lowest BCUT2D eigenvalue weighted by Crippen LogP contribution is -2.40. The first kappa shape index (κ1) is 19.8. The first-order valence-corrected chi connectivity index (χ1v) is 10.1. The Morgan fingerprint density at radius 2 is 2.07 bits per heavy atom. The Kier molecular flexibility index (Phi) is 7.24. The highest BCUT2D eigenvalue weighted by atomic mass is 35.5. The van der Waals surface area contributed by atoms with Crippen LogP contribution in [0.15, 0.2) is 28.8 Å². The summed E-state index contributed by atoms with van der Waals surface area (Å²) in [5, 5.41) is 7.72. The third-order valence-corrected chi connectivity index (χ3v) is 5.31. The van der Waals surface area contributed by atoms with Crippen LogP contribution in [0.1, 0.15) is 44.9 Å². The Morgan fingerprint density at radius 3 is 2.81 bits per heavy atom. The van der Waals surface area contributed by atoms with Crippen molar-refractivity contribution in [3.63, 3.8) is 0 Å². The molecule has 27 heavy (non-hydrogen) atoms. The Balaban J connectivity index is 1.46. The molecule has 1 amide bonds. The lowest BCUT2D eigenvalue weighted by molar-refractivity contribution is -0.126. The average Bonchev–Trinajstić information content (AvgIpc) is 3.14. The van der Waals surface area contributed by atoms with Crippen molar-refractivity contribution in [2.24, 2.45) is 5.92 Å². The van der Waals surface area contributed by atoms with Crippen LogP contribution >= 0.6 is 11.6 Å². The number of hydrogen-bond donors (Lipinski definition) is 1. The Bertz CT molecular complexity index is 741. The molecule has 2 aromatic rings. The minimum absolute atomic E-state index is 0.115. The molecule has 1 fully saturated rings. The van der Waals surface area contributed by atoms with Gasteiger partial charge in [-0.3, -0.25) is 9.69 Å².